The van der Waals surface area contributed by atoms with Crippen molar-refractivity contribution in [2.24, 2.45) is 7.05 Å². The fourth-order valence-electron chi connectivity index (χ4n) is 1.01. The van der Waals surface area contributed by atoms with Gasteiger partial charge in [-0.15, -0.1) is 0 Å². The van der Waals surface area contributed by atoms with Crippen LogP contribution in [0.5, 0.6) is 0 Å². The Kier molecular flexibility index (Phi) is 2.04. The summed E-state index contributed by atoms with van der Waals surface area (Å²) in [6.45, 7) is 0. The van der Waals surface area contributed by atoms with Gasteiger partial charge >= 0.3 is 6.18 Å². The molecule has 0 aliphatic heterocycles. The second-order valence-electron chi connectivity index (χ2n) is 2.50. The molecule has 0 atom stereocenters. The first-order chi connectivity index (χ1) is 5.45. The van der Waals surface area contributed by atoms with Gasteiger partial charge in [-0.05, 0) is 0 Å². The molecule has 1 aromatic rings. The highest BCUT2D eigenvalue weighted by molar-refractivity contribution is 5.50. The summed E-state index contributed by atoms with van der Waals surface area (Å²) in [5, 5.41) is 2.48. The van der Waals surface area contributed by atoms with E-state index in [-0.39, 0.29) is 5.69 Å². The molecule has 0 saturated carbocycles. The van der Waals surface area contributed by atoms with Gasteiger partial charge in [0.2, 0.25) is 0 Å². The van der Waals surface area contributed by atoms with E-state index in [0.717, 1.165) is 6.20 Å². The van der Waals surface area contributed by atoms with Crippen molar-refractivity contribution in [1.82, 2.24) is 4.57 Å². The highest BCUT2D eigenvalue weighted by Gasteiger charge is 2.34. The second-order valence-corrected chi connectivity index (χ2v) is 2.50. The summed E-state index contributed by atoms with van der Waals surface area (Å²) >= 11 is 0. The first kappa shape index (κ1) is 8.96. The maximum absolute atomic E-state index is 12.2. The molecule has 1 heterocycles. The Bertz CT molecular complexity index is 275. The molecule has 0 unspecified atom stereocenters. The molecule has 5 heteroatoms. The van der Waals surface area contributed by atoms with E-state index in [4.69, 9.17) is 0 Å². The van der Waals surface area contributed by atoms with Gasteiger partial charge in [0.1, 0.15) is 0 Å². The predicted molar refractivity (Wildman–Crippen MR) is 40.0 cm³/mol. The lowest BCUT2D eigenvalue weighted by Crippen LogP contribution is -2.06. The number of alkyl halides is 3. The van der Waals surface area contributed by atoms with Gasteiger partial charge in [0.25, 0.3) is 0 Å². The van der Waals surface area contributed by atoms with Crippen molar-refractivity contribution in [3.05, 3.63) is 18.0 Å². The van der Waals surface area contributed by atoms with Crippen LogP contribution in [-0.2, 0) is 13.2 Å². The van der Waals surface area contributed by atoms with E-state index in [1.54, 1.807) is 7.05 Å². The molecule has 68 valence electrons. The number of nitrogens with zero attached hydrogens (tertiary/aromatic N) is 1. The van der Waals surface area contributed by atoms with E-state index >= 15 is 0 Å². The molecule has 0 fully saturated rings. The van der Waals surface area contributed by atoms with Crippen molar-refractivity contribution in [1.29, 1.82) is 0 Å². The molecule has 0 radical (unpaired) electrons. The van der Waals surface area contributed by atoms with Crippen LogP contribution in [0.4, 0.5) is 18.9 Å². The van der Waals surface area contributed by atoms with Crippen molar-refractivity contribution in [2.75, 3.05) is 12.4 Å². The van der Waals surface area contributed by atoms with Crippen molar-refractivity contribution in [3.8, 4) is 0 Å². The molecule has 0 amide bonds. The van der Waals surface area contributed by atoms with Crippen LogP contribution in [-0.4, -0.2) is 11.6 Å². The Balaban J connectivity index is 3.13. The van der Waals surface area contributed by atoms with Gasteiger partial charge in [-0.3, -0.25) is 0 Å². The predicted octanol–water partition coefficient (Wildman–Crippen LogP) is 2.09. The largest absolute Gasteiger partial charge is 0.419 e. The lowest BCUT2D eigenvalue weighted by atomic mass is 10.3. The Morgan fingerprint density at radius 3 is 2.25 bits per heavy atom. The molecular weight excluding hydrogens is 169 g/mol. The number of hydrogen-bond acceptors (Lipinski definition) is 1. The van der Waals surface area contributed by atoms with Crippen LogP contribution in [0.2, 0.25) is 0 Å². The van der Waals surface area contributed by atoms with Gasteiger partial charge < -0.3 is 9.88 Å². The minimum atomic E-state index is -4.28. The Morgan fingerprint density at radius 2 is 1.92 bits per heavy atom. The van der Waals surface area contributed by atoms with E-state index in [1.807, 2.05) is 0 Å². The van der Waals surface area contributed by atoms with Gasteiger partial charge in [0.05, 0.1) is 11.3 Å². The number of hydrogen-bond donors (Lipinski definition) is 1. The maximum Gasteiger partial charge on any atom is 0.419 e. The monoisotopic (exact) mass is 178 g/mol. The van der Waals surface area contributed by atoms with Crippen molar-refractivity contribution < 1.29 is 13.2 Å². The van der Waals surface area contributed by atoms with E-state index in [9.17, 15) is 13.2 Å². The minimum absolute atomic E-state index is 0.102. The minimum Gasteiger partial charge on any atom is -0.386 e. The zero-order valence-corrected chi connectivity index (χ0v) is 6.74. The van der Waals surface area contributed by atoms with Crippen LogP contribution in [0.3, 0.4) is 0 Å². The summed E-state index contributed by atoms with van der Waals surface area (Å²) in [7, 11) is 3.01. The molecule has 1 rings (SSSR count). The molecule has 0 aromatic carbocycles. The molecule has 0 saturated heterocycles. The SMILES string of the molecule is CNc1cn(C)cc1C(F)(F)F. The summed E-state index contributed by atoms with van der Waals surface area (Å²) in [5.74, 6) is 0. The third-order valence-corrected chi connectivity index (χ3v) is 1.53. The third-order valence-electron chi connectivity index (χ3n) is 1.53. The molecule has 0 aliphatic rings. The van der Waals surface area contributed by atoms with Crippen LogP contribution in [0.1, 0.15) is 5.56 Å². The normalized spacial score (nSPS) is 11.8. The quantitative estimate of drug-likeness (QED) is 0.696. The number of rotatable bonds is 1. The summed E-state index contributed by atoms with van der Waals surface area (Å²) in [6.07, 6.45) is -1.84. The Labute approximate surface area is 68.0 Å². The molecule has 0 bridgehead atoms. The van der Waals surface area contributed by atoms with Crippen molar-refractivity contribution in [2.45, 2.75) is 6.18 Å². The highest BCUT2D eigenvalue weighted by Crippen LogP contribution is 2.34. The molecule has 1 N–H and O–H groups in total. The van der Waals surface area contributed by atoms with Crippen LogP contribution in [0.15, 0.2) is 12.4 Å². The first-order valence-electron chi connectivity index (χ1n) is 3.36. The van der Waals surface area contributed by atoms with E-state index in [0.29, 0.717) is 0 Å². The van der Waals surface area contributed by atoms with Crippen molar-refractivity contribution >= 4 is 5.69 Å². The number of aromatic nitrogens is 1. The van der Waals surface area contributed by atoms with Crippen LogP contribution in [0.25, 0.3) is 0 Å². The van der Waals surface area contributed by atoms with Crippen LogP contribution >= 0.6 is 0 Å². The van der Waals surface area contributed by atoms with E-state index in [2.05, 4.69) is 5.32 Å². The van der Waals surface area contributed by atoms with E-state index < -0.39 is 11.7 Å². The number of aryl methyl sites for hydroxylation is 1. The summed E-state index contributed by atoms with van der Waals surface area (Å²) in [6, 6.07) is 0. The Hall–Kier alpha value is -1.13. The molecule has 1 aromatic heterocycles. The third kappa shape index (κ3) is 1.54. The average molecular weight is 178 g/mol. The number of nitrogens with one attached hydrogen (secondary N) is 1. The van der Waals surface area contributed by atoms with Gasteiger partial charge in [0, 0.05) is 26.5 Å². The lowest BCUT2D eigenvalue weighted by molar-refractivity contribution is -0.136. The van der Waals surface area contributed by atoms with Gasteiger partial charge in [-0.25, -0.2) is 0 Å². The standard InChI is InChI=1S/C7H9F3N2/c1-11-6-4-12(2)3-5(6)7(8,9)10/h3-4,11H,1-2H3. The summed E-state index contributed by atoms with van der Waals surface area (Å²) < 4.78 is 38.0. The molecule has 2 nitrogen and oxygen atoms in total. The maximum atomic E-state index is 12.2. The smallest absolute Gasteiger partial charge is 0.386 e. The summed E-state index contributed by atoms with van der Waals surface area (Å²) in [4.78, 5) is 0. The fourth-order valence-corrected chi connectivity index (χ4v) is 1.01. The lowest BCUT2D eigenvalue weighted by Gasteiger charge is -2.05. The molecule has 0 spiro atoms. The summed E-state index contributed by atoms with van der Waals surface area (Å²) in [5.41, 5.74) is -0.530. The molecule has 0 aliphatic carbocycles. The Morgan fingerprint density at radius 1 is 1.33 bits per heavy atom. The second kappa shape index (κ2) is 2.73. The van der Waals surface area contributed by atoms with E-state index in [1.165, 1.54) is 17.8 Å². The zero-order chi connectivity index (χ0) is 9.35. The zero-order valence-electron chi connectivity index (χ0n) is 6.74. The first-order valence-corrected chi connectivity index (χ1v) is 3.36. The van der Waals surface area contributed by atoms with Gasteiger partial charge in [-0.1, -0.05) is 0 Å². The van der Waals surface area contributed by atoms with Crippen LogP contribution in [0, 0.1) is 0 Å². The average Bonchev–Trinajstić information content (AvgIpc) is 2.29. The number of anilines is 1. The van der Waals surface area contributed by atoms with Crippen LogP contribution < -0.4 is 5.32 Å². The van der Waals surface area contributed by atoms with Gasteiger partial charge in [0.15, 0.2) is 0 Å². The number of halogens is 3. The topological polar surface area (TPSA) is 17.0 Å². The van der Waals surface area contributed by atoms with Crippen molar-refractivity contribution in [3.63, 3.8) is 0 Å². The molecule has 12 heavy (non-hydrogen) atoms. The van der Waals surface area contributed by atoms with Gasteiger partial charge in [-0.2, -0.15) is 13.2 Å². The molecular formula is C7H9F3N2. The fraction of sp³-hybridized carbons (Fsp3) is 0.429. The highest BCUT2D eigenvalue weighted by atomic mass is 19.4.